The van der Waals surface area contributed by atoms with Crippen LogP contribution in [0, 0.1) is 0 Å². The van der Waals surface area contributed by atoms with Gasteiger partial charge in [0, 0.05) is 45.4 Å². The predicted octanol–water partition coefficient (Wildman–Crippen LogP) is 2.30. The van der Waals surface area contributed by atoms with Crippen molar-refractivity contribution in [3.05, 3.63) is 35.9 Å². The Kier molecular flexibility index (Phi) is 8.86. The molecule has 0 spiro atoms. The van der Waals surface area contributed by atoms with Crippen LogP contribution < -0.4 is 16.0 Å². The summed E-state index contributed by atoms with van der Waals surface area (Å²) in [6, 6.07) is 10.9. The van der Waals surface area contributed by atoms with Crippen molar-refractivity contribution >= 4 is 29.9 Å². The number of aliphatic imine (C=N–C) groups is 1. The number of nitrogens with one attached hydrogen (secondary N) is 3. The molecule has 0 aromatic heterocycles. The van der Waals surface area contributed by atoms with Crippen LogP contribution in [0.5, 0.6) is 0 Å². The number of rotatable bonds is 5. The van der Waals surface area contributed by atoms with E-state index in [4.69, 9.17) is 4.74 Å². The topological polar surface area (TPSA) is 57.7 Å². The molecule has 6 heteroatoms. The largest absolute Gasteiger partial charge is 0.381 e. The number of guanidine groups is 1. The second-order valence-electron chi connectivity index (χ2n) is 5.85. The molecule has 0 saturated carbocycles. The molecule has 1 atom stereocenters. The van der Waals surface area contributed by atoms with Crippen LogP contribution in [-0.4, -0.2) is 45.4 Å². The van der Waals surface area contributed by atoms with E-state index < -0.39 is 0 Å². The Morgan fingerprint density at radius 2 is 1.91 bits per heavy atom. The van der Waals surface area contributed by atoms with Gasteiger partial charge in [0.25, 0.3) is 0 Å². The van der Waals surface area contributed by atoms with Gasteiger partial charge in [-0.3, -0.25) is 4.99 Å². The molecule has 2 rings (SSSR count). The van der Waals surface area contributed by atoms with Gasteiger partial charge in [-0.1, -0.05) is 30.3 Å². The summed E-state index contributed by atoms with van der Waals surface area (Å²) in [7, 11) is 3.67. The van der Waals surface area contributed by atoms with Crippen molar-refractivity contribution in [3.8, 4) is 0 Å². The summed E-state index contributed by atoms with van der Waals surface area (Å²) in [5, 5.41) is 10.3. The van der Waals surface area contributed by atoms with Crippen molar-refractivity contribution in [2.75, 3.05) is 33.9 Å². The molecule has 5 nitrogen and oxygen atoms in total. The maximum Gasteiger partial charge on any atom is 0.190 e. The summed E-state index contributed by atoms with van der Waals surface area (Å²) in [6.45, 7) is 4.66. The molecule has 1 aliphatic heterocycles. The summed E-state index contributed by atoms with van der Waals surface area (Å²) in [6.07, 6.45) is 2.00. The molecule has 1 aromatic carbocycles. The van der Waals surface area contributed by atoms with Gasteiger partial charge < -0.3 is 20.7 Å². The van der Waals surface area contributed by atoms with Gasteiger partial charge in [-0.25, -0.2) is 0 Å². The number of ether oxygens (including phenoxy) is 1. The second kappa shape index (κ2) is 10.1. The Morgan fingerprint density at radius 3 is 2.48 bits per heavy atom. The molecular formula is C17H29IN4O. The minimum absolute atomic E-state index is 0. The lowest BCUT2D eigenvalue weighted by Crippen LogP contribution is -2.58. The first-order valence-electron chi connectivity index (χ1n) is 7.98. The monoisotopic (exact) mass is 432 g/mol. The van der Waals surface area contributed by atoms with Crippen molar-refractivity contribution in [1.29, 1.82) is 0 Å². The Balaban J connectivity index is 0.00000264. The average molecular weight is 432 g/mol. The van der Waals surface area contributed by atoms with E-state index in [1.54, 1.807) is 7.05 Å². The van der Waals surface area contributed by atoms with E-state index in [0.29, 0.717) is 6.04 Å². The first-order chi connectivity index (χ1) is 10.7. The molecule has 0 radical (unpaired) electrons. The number of benzene rings is 1. The summed E-state index contributed by atoms with van der Waals surface area (Å²) < 4.78 is 5.56. The molecule has 1 heterocycles. The van der Waals surface area contributed by atoms with Gasteiger partial charge in [-0.15, -0.1) is 24.0 Å². The van der Waals surface area contributed by atoms with Crippen LogP contribution in [0.15, 0.2) is 35.3 Å². The van der Waals surface area contributed by atoms with Crippen LogP contribution in [0.25, 0.3) is 0 Å². The first kappa shape index (κ1) is 20.2. The SMILES string of the molecule is CN=C(NC)NCC1(NC(C)c2ccccc2)CCOCC1.I. The highest BCUT2D eigenvalue weighted by Crippen LogP contribution is 2.24. The molecule has 0 amide bonds. The third-order valence-electron chi connectivity index (χ3n) is 4.33. The Hall–Kier alpha value is -0.860. The summed E-state index contributed by atoms with van der Waals surface area (Å²) in [4.78, 5) is 4.19. The molecule has 3 N–H and O–H groups in total. The number of hydrogen-bond acceptors (Lipinski definition) is 3. The van der Waals surface area contributed by atoms with Crippen molar-refractivity contribution in [2.24, 2.45) is 4.99 Å². The highest BCUT2D eigenvalue weighted by atomic mass is 127. The zero-order valence-corrected chi connectivity index (χ0v) is 16.6. The number of nitrogens with zero attached hydrogens (tertiary/aromatic N) is 1. The van der Waals surface area contributed by atoms with Crippen molar-refractivity contribution in [1.82, 2.24) is 16.0 Å². The fourth-order valence-electron chi connectivity index (χ4n) is 2.95. The molecule has 130 valence electrons. The second-order valence-corrected chi connectivity index (χ2v) is 5.85. The smallest absolute Gasteiger partial charge is 0.190 e. The van der Waals surface area contributed by atoms with Crippen molar-refractivity contribution in [2.45, 2.75) is 31.3 Å². The maximum absolute atomic E-state index is 5.56. The quantitative estimate of drug-likeness (QED) is 0.380. The van der Waals surface area contributed by atoms with E-state index in [1.807, 2.05) is 7.05 Å². The summed E-state index contributed by atoms with van der Waals surface area (Å²) in [5.41, 5.74) is 1.34. The third-order valence-corrected chi connectivity index (χ3v) is 4.33. The van der Waals surface area contributed by atoms with Crippen LogP contribution in [-0.2, 0) is 4.74 Å². The molecule has 1 fully saturated rings. The molecule has 23 heavy (non-hydrogen) atoms. The highest BCUT2D eigenvalue weighted by molar-refractivity contribution is 14.0. The van der Waals surface area contributed by atoms with E-state index >= 15 is 0 Å². The first-order valence-corrected chi connectivity index (χ1v) is 7.98. The predicted molar refractivity (Wildman–Crippen MR) is 107 cm³/mol. The molecule has 1 aliphatic rings. The third kappa shape index (κ3) is 5.93. The zero-order valence-electron chi connectivity index (χ0n) is 14.3. The van der Waals surface area contributed by atoms with Crippen LogP contribution in [0.4, 0.5) is 0 Å². The van der Waals surface area contributed by atoms with Crippen LogP contribution in [0.2, 0.25) is 0 Å². The molecule has 1 unspecified atom stereocenters. The molecule has 0 bridgehead atoms. The minimum Gasteiger partial charge on any atom is -0.381 e. The average Bonchev–Trinajstić information content (AvgIpc) is 2.57. The van der Waals surface area contributed by atoms with Gasteiger partial charge in [0.15, 0.2) is 5.96 Å². The Labute approximate surface area is 156 Å². The van der Waals surface area contributed by atoms with Crippen LogP contribution in [0.3, 0.4) is 0 Å². The summed E-state index contributed by atoms with van der Waals surface area (Å²) in [5.74, 6) is 0.819. The van der Waals surface area contributed by atoms with Gasteiger partial charge in [0.1, 0.15) is 0 Å². The lowest BCUT2D eigenvalue weighted by molar-refractivity contribution is 0.0355. The molecular weight excluding hydrogens is 403 g/mol. The Bertz CT molecular complexity index is 475. The maximum atomic E-state index is 5.56. The Morgan fingerprint density at radius 1 is 1.26 bits per heavy atom. The number of hydrogen-bond donors (Lipinski definition) is 3. The van der Waals surface area contributed by atoms with Gasteiger partial charge in [0.05, 0.1) is 0 Å². The van der Waals surface area contributed by atoms with E-state index in [2.05, 4.69) is 58.2 Å². The van der Waals surface area contributed by atoms with E-state index in [-0.39, 0.29) is 29.5 Å². The van der Waals surface area contributed by atoms with Crippen molar-refractivity contribution < 1.29 is 4.74 Å². The lowest BCUT2D eigenvalue weighted by Gasteiger charge is -2.41. The number of halogens is 1. The van der Waals surface area contributed by atoms with Gasteiger partial charge >= 0.3 is 0 Å². The van der Waals surface area contributed by atoms with E-state index in [1.165, 1.54) is 5.56 Å². The zero-order chi connectivity index (χ0) is 15.8. The normalized spacial score (nSPS) is 18.7. The van der Waals surface area contributed by atoms with E-state index in [9.17, 15) is 0 Å². The molecule has 1 aromatic rings. The van der Waals surface area contributed by atoms with Crippen LogP contribution in [0.1, 0.15) is 31.4 Å². The molecule has 0 aliphatic carbocycles. The van der Waals surface area contributed by atoms with Crippen LogP contribution >= 0.6 is 24.0 Å². The summed E-state index contributed by atoms with van der Waals surface area (Å²) >= 11 is 0. The van der Waals surface area contributed by atoms with Gasteiger partial charge in [-0.2, -0.15) is 0 Å². The van der Waals surface area contributed by atoms with Gasteiger partial charge in [0.2, 0.25) is 0 Å². The molecule has 1 saturated heterocycles. The fraction of sp³-hybridized carbons (Fsp3) is 0.588. The minimum atomic E-state index is 0. The fourth-order valence-corrected chi connectivity index (χ4v) is 2.95. The standard InChI is InChI=1S/C17H28N4O.HI/c1-14(15-7-5-4-6-8-15)21-17(9-11-22-12-10-17)13-20-16(18-2)19-3;/h4-8,14,21H,9-13H2,1-3H3,(H2,18,19,20);1H. The highest BCUT2D eigenvalue weighted by Gasteiger charge is 2.34. The van der Waals surface area contributed by atoms with E-state index in [0.717, 1.165) is 38.6 Å². The van der Waals surface area contributed by atoms with Gasteiger partial charge in [-0.05, 0) is 25.3 Å². The lowest BCUT2D eigenvalue weighted by atomic mass is 9.88. The van der Waals surface area contributed by atoms with Crippen molar-refractivity contribution in [3.63, 3.8) is 0 Å².